The molecule has 0 aromatic heterocycles. The van der Waals surface area contributed by atoms with Gasteiger partial charge in [0.1, 0.15) is 5.75 Å². The molecule has 1 saturated heterocycles. The van der Waals surface area contributed by atoms with Crippen molar-refractivity contribution in [3.8, 4) is 5.75 Å². The topological polar surface area (TPSA) is 24.5 Å². The maximum absolute atomic E-state index is 6.29. The minimum atomic E-state index is -0.445. The first kappa shape index (κ1) is 13.0. The van der Waals surface area contributed by atoms with Gasteiger partial charge in [0.25, 0.3) is 0 Å². The van der Waals surface area contributed by atoms with E-state index in [9.17, 15) is 0 Å². The lowest BCUT2D eigenvalue weighted by Gasteiger charge is -2.56. The van der Waals surface area contributed by atoms with Crippen LogP contribution in [0, 0.1) is 5.92 Å². The van der Waals surface area contributed by atoms with E-state index in [1.807, 2.05) is 12.1 Å². The highest BCUT2D eigenvalue weighted by atomic mass is 35.5. The molecule has 0 radical (unpaired) electrons. The number of hydrogen-bond donors (Lipinski definition) is 1. The maximum Gasteiger partial charge on any atom is 0.186 e. The van der Waals surface area contributed by atoms with E-state index in [-0.39, 0.29) is 12.0 Å². The predicted octanol–water partition coefficient (Wildman–Crippen LogP) is 3.34. The standard InChI is InChI=1S/C14H17ClN2OS/c1-4-17-13(19)16-11-8(2)14(17,3)18-12-9(11)6-5-7-10(12)15/h5-8,11H,4H2,1-3H3,(H,16,19). The zero-order valence-electron chi connectivity index (χ0n) is 11.2. The Bertz CT molecular complexity index is 550. The van der Waals surface area contributed by atoms with Crippen molar-refractivity contribution in [1.82, 2.24) is 10.2 Å². The van der Waals surface area contributed by atoms with Crippen LogP contribution in [0.5, 0.6) is 5.75 Å². The van der Waals surface area contributed by atoms with Gasteiger partial charge in [-0.3, -0.25) is 0 Å². The molecule has 0 spiro atoms. The Morgan fingerprint density at radius 3 is 2.95 bits per heavy atom. The second kappa shape index (κ2) is 4.25. The van der Waals surface area contributed by atoms with Gasteiger partial charge in [-0.1, -0.05) is 30.7 Å². The van der Waals surface area contributed by atoms with E-state index in [0.29, 0.717) is 5.02 Å². The average molecular weight is 297 g/mol. The minimum Gasteiger partial charge on any atom is -0.466 e. The highest BCUT2D eigenvalue weighted by Crippen LogP contribution is 2.49. The van der Waals surface area contributed by atoms with Gasteiger partial charge in [0.2, 0.25) is 0 Å². The number of para-hydroxylation sites is 1. The maximum atomic E-state index is 6.29. The molecule has 2 heterocycles. The quantitative estimate of drug-likeness (QED) is 0.804. The summed E-state index contributed by atoms with van der Waals surface area (Å²) in [7, 11) is 0. The molecule has 0 aliphatic carbocycles. The summed E-state index contributed by atoms with van der Waals surface area (Å²) >= 11 is 11.8. The number of fused-ring (bicyclic) bond motifs is 4. The fourth-order valence-corrected chi connectivity index (χ4v) is 3.79. The van der Waals surface area contributed by atoms with Gasteiger partial charge in [-0.25, -0.2) is 0 Å². The van der Waals surface area contributed by atoms with Crippen molar-refractivity contribution in [1.29, 1.82) is 0 Å². The fraction of sp³-hybridized carbons (Fsp3) is 0.500. The highest BCUT2D eigenvalue weighted by Gasteiger charge is 2.53. The van der Waals surface area contributed by atoms with Gasteiger partial charge in [-0.15, -0.1) is 0 Å². The first-order valence-corrected chi connectivity index (χ1v) is 7.33. The third-order valence-corrected chi connectivity index (χ3v) is 5.00. The largest absolute Gasteiger partial charge is 0.466 e. The number of thiocarbonyl (C=S) groups is 1. The first-order valence-electron chi connectivity index (χ1n) is 6.54. The van der Waals surface area contributed by atoms with Crippen LogP contribution in [0.15, 0.2) is 18.2 Å². The molecule has 0 saturated carbocycles. The number of benzene rings is 1. The molecule has 1 aromatic rings. The van der Waals surface area contributed by atoms with Crippen molar-refractivity contribution < 1.29 is 4.74 Å². The zero-order valence-corrected chi connectivity index (χ0v) is 12.8. The molecule has 3 atom stereocenters. The van der Waals surface area contributed by atoms with E-state index in [4.69, 9.17) is 28.6 Å². The molecule has 2 bridgehead atoms. The molecule has 3 nitrogen and oxygen atoms in total. The second-order valence-corrected chi connectivity index (χ2v) is 6.07. The number of ether oxygens (including phenoxy) is 1. The van der Waals surface area contributed by atoms with Crippen LogP contribution in [0.4, 0.5) is 0 Å². The normalized spacial score (nSPS) is 32.4. The lowest BCUT2D eigenvalue weighted by Crippen LogP contribution is -2.68. The van der Waals surface area contributed by atoms with E-state index in [0.717, 1.165) is 23.0 Å². The minimum absolute atomic E-state index is 0.155. The fourth-order valence-electron chi connectivity index (χ4n) is 3.13. The summed E-state index contributed by atoms with van der Waals surface area (Å²) in [6.45, 7) is 7.16. The van der Waals surface area contributed by atoms with Gasteiger partial charge in [-0.2, -0.15) is 0 Å². The van der Waals surface area contributed by atoms with Crippen LogP contribution in [0.25, 0.3) is 0 Å². The number of hydrogen-bond acceptors (Lipinski definition) is 2. The number of nitrogens with one attached hydrogen (secondary N) is 1. The van der Waals surface area contributed by atoms with Gasteiger partial charge in [0.15, 0.2) is 10.8 Å². The third kappa shape index (κ3) is 1.66. The summed E-state index contributed by atoms with van der Waals surface area (Å²) < 4.78 is 6.27. The molecule has 0 amide bonds. The monoisotopic (exact) mass is 296 g/mol. The van der Waals surface area contributed by atoms with Gasteiger partial charge < -0.3 is 15.0 Å². The molecule has 19 heavy (non-hydrogen) atoms. The second-order valence-electron chi connectivity index (χ2n) is 5.27. The van der Waals surface area contributed by atoms with Crippen molar-refractivity contribution in [2.24, 2.45) is 5.92 Å². The summed E-state index contributed by atoms with van der Waals surface area (Å²) in [4.78, 5) is 2.09. The van der Waals surface area contributed by atoms with E-state index < -0.39 is 5.72 Å². The molecule has 102 valence electrons. The highest BCUT2D eigenvalue weighted by molar-refractivity contribution is 7.80. The van der Waals surface area contributed by atoms with Crippen LogP contribution in [-0.2, 0) is 0 Å². The van der Waals surface area contributed by atoms with Crippen LogP contribution in [0.2, 0.25) is 5.02 Å². The van der Waals surface area contributed by atoms with Gasteiger partial charge in [0.05, 0.1) is 11.1 Å². The molecule has 2 aliphatic rings. The summed E-state index contributed by atoms with van der Waals surface area (Å²) in [6.07, 6.45) is 0. The Kier molecular flexibility index (Phi) is 2.91. The number of nitrogens with zero attached hydrogens (tertiary/aromatic N) is 1. The van der Waals surface area contributed by atoms with E-state index in [1.165, 1.54) is 0 Å². The van der Waals surface area contributed by atoms with Crippen LogP contribution in [-0.4, -0.2) is 22.3 Å². The SMILES string of the molecule is CCN1C(=S)NC2c3cccc(Cl)c3OC1(C)C2C. The Morgan fingerprint density at radius 2 is 2.26 bits per heavy atom. The van der Waals surface area contributed by atoms with E-state index in [1.54, 1.807) is 0 Å². The van der Waals surface area contributed by atoms with Gasteiger partial charge >= 0.3 is 0 Å². The Balaban J connectivity index is 2.18. The van der Waals surface area contributed by atoms with Gasteiger partial charge in [0, 0.05) is 18.0 Å². The third-order valence-electron chi connectivity index (χ3n) is 4.36. The van der Waals surface area contributed by atoms with Crippen molar-refractivity contribution in [3.05, 3.63) is 28.8 Å². The van der Waals surface area contributed by atoms with Crippen LogP contribution >= 0.6 is 23.8 Å². The summed E-state index contributed by atoms with van der Waals surface area (Å²) in [5.74, 6) is 1.06. The van der Waals surface area contributed by atoms with E-state index in [2.05, 4.69) is 37.1 Å². The molecular weight excluding hydrogens is 280 g/mol. The molecule has 5 heteroatoms. The van der Waals surface area contributed by atoms with Crippen molar-refractivity contribution in [2.45, 2.75) is 32.5 Å². The average Bonchev–Trinajstić information content (AvgIpc) is 2.36. The zero-order chi connectivity index (χ0) is 13.8. The molecule has 1 N–H and O–H groups in total. The molecule has 1 aromatic carbocycles. The molecule has 3 rings (SSSR count). The van der Waals surface area contributed by atoms with Crippen LogP contribution < -0.4 is 10.1 Å². The number of rotatable bonds is 1. The molecule has 1 fully saturated rings. The van der Waals surface area contributed by atoms with Crippen molar-refractivity contribution in [2.75, 3.05) is 6.54 Å². The number of halogens is 1. The van der Waals surface area contributed by atoms with Crippen molar-refractivity contribution >= 4 is 28.9 Å². The predicted molar refractivity (Wildman–Crippen MR) is 80.5 cm³/mol. The Labute approximate surface area is 123 Å². The lowest BCUT2D eigenvalue weighted by atomic mass is 9.81. The summed E-state index contributed by atoms with van der Waals surface area (Å²) in [6, 6.07) is 6.03. The Morgan fingerprint density at radius 1 is 1.53 bits per heavy atom. The molecular formula is C14H17ClN2OS. The molecule has 3 unspecified atom stereocenters. The summed E-state index contributed by atoms with van der Waals surface area (Å²) in [5.41, 5.74) is 0.648. The van der Waals surface area contributed by atoms with Crippen LogP contribution in [0.3, 0.4) is 0 Å². The van der Waals surface area contributed by atoms with Gasteiger partial charge in [-0.05, 0) is 32.1 Å². The Hall–Kier alpha value is -1.00. The smallest absolute Gasteiger partial charge is 0.186 e. The lowest BCUT2D eigenvalue weighted by molar-refractivity contribution is -0.108. The van der Waals surface area contributed by atoms with Crippen LogP contribution in [0.1, 0.15) is 32.4 Å². The van der Waals surface area contributed by atoms with Crippen molar-refractivity contribution in [3.63, 3.8) is 0 Å². The molecule has 2 aliphatic heterocycles. The summed E-state index contributed by atoms with van der Waals surface area (Å²) in [5, 5.41) is 4.83. The van der Waals surface area contributed by atoms with E-state index >= 15 is 0 Å². The first-order chi connectivity index (χ1) is 8.99.